The van der Waals surface area contributed by atoms with Crippen LogP contribution in [0.5, 0.6) is 0 Å². The molecular weight excluding hydrogens is 170 g/mol. The normalized spacial score (nSPS) is 9.67. The number of thioether (sulfide) groups is 1. The zero-order chi connectivity index (χ0) is 8.65. The van der Waals surface area contributed by atoms with E-state index in [1.54, 1.807) is 5.41 Å². The van der Waals surface area contributed by atoms with E-state index >= 15 is 0 Å². The summed E-state index contributed by atoms with van der Waals surface area (Å²) in [4.78, 5) is 14.1. The van der Waals surface area contributed by atoms with E-state index in [0.29, 0.717) is 0 Å². The lowest BCUT2D eigenvalue weighted by molar-refractivity contribution is 0.565. The van der Waals surface area contributed by atoms with E-state index in [1.165, 1.54) is 24.0 Å². The van der Waals surface area contributed by atoms with E-state index in [9.17, 15) is 4.79 Å². The molecule has 0 aliphatic carbocycles. The highest BCUT2D eigenvalue weighted by atomic mass is 32.2. The van der Waals surface area contributed by atoms with Crippen LogP contribution in [0.3, 0.4) is 0 Å². The Kier molecular flexibility index (Phi) is 3.92. The van der Waals surface area contributed by atoms with Gasteiger partial charge in [0.1, 0.15) is 0 Å². The van der Waals surface area contributed by atoms with E-state index < -0.39 is 0 Å². The Bertz CT molecular complexity index is 302. The van der Waals surface area contributed by atoms with Crippen molar-refractivity contribution in [1.82, 2.24) is 0 Å². The highest BCUT2D eigenvalue weighted by Gasteiger charge is 1.84. The van der Waals surface area contributed by atoms with Crippen molar-refractivity contribution in [3.63, 3.8) is 0 Å². The molecule has 0 heterocycles. The average molecular weight is 177 g/mol. The minimum Gasteiger partial charge on any atom is -0.211 e. The van der Waals surface area contributed by atoms with Gasteiger partial charge in [0.15, 0.2) is 0 Å². The summed E-state index contributed by atoms with van der Waals surface area (Å²) >= 11 is 1.51. The maximum Gasteiger partial charge on any atom is 0.239 e. The van der Waals surface area contributed by atoms with Crippen molar-refractivity contribution < 1.29 is 4.79 Å². The maximum atomic E-state index is 9.66. The van der Waals surface area contributed by atoms with Crippen LogP contribution in [-0.4, -0.2) is 6.08 Å². The minimum absolute atomic E-state index is 1.12. The highest BCUT2D eigenvalue weighted by Crippen LogP contribution is 2.17. The maximum absolute atomic E-state index is 9.66. The first-order valence-electron chi connectivity index (χ1n) is 3.37. The molecule has 12 heavy (non-hydrogen) atoms. The molecule has 0 aliphatic rings. The van der Waals surface area contributed by atoms with Gasteiger partial charge >= 0.3 is 0 Å². The number of hydrogen-bond donors (Lipinski definition) is 0. The zero-order valence-corrected chi connectivity index (χ0v) is 7.12. The number of aliphatic imine (C=N–C) groups is 1. The topological polar surface area (TPSA) is 29.4 Å². The molecular formula is C9H7NOS. The van der Waals surface area contributed by atoms with Crippen molar-refractivity contribution in [2.75, 3.05) is 0 Å². The van der Waals surface area contributed by atoms with Crippen molar-refractivity contribution in [3.8, 4) is 0 Å². The summed E-state index contributed by atoms with van der Waals surface area (Å²) < 4.78 is 0. The molecule has 0 radical (unpaired) electrons. The van der Waals surface area contributed by atoms with Crippen LogP contribution in [0.2, 0.25) is 0 Å². The first-order valence-corrected chi connectivity index (χ1v) is 4.25. The predicted octanol–water partition coefficient (Wildman–Crippen LogP) is 2.59. The van der Waals surface area contributed by atoms with Gasteiger partial charge < -0.3 is 0 Å². The van der Waals surface area contributed by atoms with Gasteiger partial charge in [-0.3, -0.25) is 0 Å². The van der Waals surface area contributed by atoms with Crippen LogP contribution in [0, 0.1) is 0 Å². The fourth-order valence-corrected chi connectivity index (χ4v) is 1.26. The smallest absolute Gasteiger partial charge is 0.211 e. The van der Waals surface area contributed by atoms with Crippen LogP contribution in [0.25, 0.3) is 0 Å². The van der Waals surface area contributed by atoms with E-state index in [4.69, 9.17) is 0 Å². The van der Waals surface area contributed by atoms with E-state index in [1.807, 2.05) is 30.3 Å². The fourth-order valence-electron chi connectivity index (χ4n) is 0.669. The molecule has 1 aromatic rings. The number of carbonyl (C=O) groups excluding carboxylic acids is 1. The first kappa shape index (κ1) is 8.78. The molecule has 2 nitrogen and oxygen atoms in total. The summed E-state index contributed by atoms with van der Waals surface area (Å²) in [5.74, 6) is 0. The Morgan fingerprint density at radius 1 is 1.33 bits per heavy atom. The van der Waals surface area contributed by atoms with Gasteiger partial charge in [0.05, 0.1) is 0 Å². The summed E-state index contributed by atoms with van der Waals surface area (Å²) in [6.07, 6.45) is 2.85. The third-order valence-electron chi connectivity index (χ3n) is 1.14. The molecule has 0 spiro atoms. The molecule has 3 heteroatoms. The Balaban J connectivity index is 2.48. The largest absolute Gasteiger partial charge is 0.239 e. The van der Waals surface area contributed by atoms with Crippen LogP contribution in [0.15, 0.2) is 51.8 Å². The summed E-state index contributed by atoms with van der Waals surface area (Å²) in [6, 6.07) is 9.84. The van der Waals surface area contributed by atoms with Gasteiger partial charge in [0, 0.05) is 11.1 Å². The second kappa shape index (κ2) is 5.35. The lowest BCUT2D eigenvalue weighted by Gasteiger charge is -1.91. The molecule has 0 aromatic heterocycles. The molecule has 0 aliphatic heterocycles. The van der Waals surface area contributed by atoms with Crippen LogP contribution < -0.4 is 0 Å². The number of hydrogen-bond acceptors (Lipinski definition) is 3. The molecule has 0 saturated carbocycles. The number of nitrogens with zero attached hydrogens (tertiary/aromatic N) is 1. The molecule has 1 aromatic carbocycles. The van der Waals surface area contributed by atoms with Gasteiger partial charge in [-0.2, -0.15) is 4.99 Å². The second-order valence-electron chi connectivity index (χ2n) is 1.94. The molecule has 0 atom stereocenters. The Hall–Kier alpha value is -1.31. The highest BCUT2D eigenvalue weighted by molar-refractivity contribution is 8.02. The van der Waals surface area contributed by atoms with E-state index in [-0.39, 0.29) is 0 Å². The Morgan fingerprint density at radius 2 is 2.08 bits per heavy atom. The Labute approximate surface area is 75.0 Å². The fraction of sp³-hybridized carbons (Fsp3) is 0. The van der Waals surface area contributed by atoms with Crippen molar-refractivity contribution in [2.24, 2.45) is 4.99 Å². The number of isocyanates is 1. The number of benzene rings is 1. The van der Waals surface area contributed by atoms with Crippen molar-refractivity contribution >= 4 is 17.8 Å². The Morgan fingerprint density at radius 3 is 2.75 bits per heavy atom. The monoisotopic (exact) mass is 177 g/mol. The van der Waals surface area contributed by atoms with Gasteiger partial charge in [-0.1, -0.05) is 30.0 Å². The van der Waals surface area contributed by atoms with Gasteiger partial charge in [-0.25, -0.2) is 4.79 Å². The summed E-state index contributed by atoms with van der Waals surface area (Å²) in [5.41, 5.74) is 0. The molecule has 0 N–H and O–H groups in total. The molecule has 60 valence electrons. The van der Waals surface area contributed by atoms with Crippen molar-refractivity contribution in [1.29, 1.82) is 0 Å². The second-order valence-corrected chi connectivity index (χ2v) is 2.92. The van der Waals surface area contributed by atoms with Crippen LogP contribution in [0.4, 0.5) is 0 Å². The SMILES string of the molecule is O=C=N/C=C/Sc1ccccc1. The first-order chi connectivity index (χ1) is 5.93. The predicted molar refractivity (Wildman–Crippen MR) is 49.6 cm³/mol. The quantitative estimate of drug-likeness (QED) is 0.403. The van der Waals surface area contributed by atoms with Gasteiger partial charge in [0.25, 0.3) is 0 Å². The average Bonchev–Trinajstić information content (AvgIpc) is 2.14. The van der Waals surface area contributed by atoms with E-state index in [2.05, 4.69) is 4.99 Å². The van der Waals surface area contributed by atoms with Crippen molar-refractivity contribution in [3.05, 3.63) is 41.9 Å². The van der Waals surface area contributed by atoms with E-state index in [0.717, 1.165) is 4.90 Å². The van der Waals surface area contributed by atoms with Crippen LogP contribution in [0.1, 0.15) is 0 Å². The lowest BCUT2D eigenvalue weighted by atomic mass is 10.4. The minimum atomic E-state index is 1.12. The molecule has 0 saturated heterocycles. The van der Waals surface area contributed by atoms with Gasteiger partial charge in [0.2, 0.25) is 6.08 Å². The summed E-state index contributed by atoms with van der Waals surface area (Å²) in [7, 11) is 0. The van der Waals surface area contributed by atoms with Crippen molar-refractivity contribution in [2.45, 2.75) is 4.90 Å². The molecule has 1 rings (SSSR count). The van der Waals surface area contributed by atoms with Gasteiger partial charge in [-0.15, -0.1) is 0 Å². The standard InChI is InChI=1S/C9H7NOS/c11-8-10-6-7-12-9-4-2-1-3-5-9/h1-7H/b7-6+. The molecule has 0 amide bonds. The summed E-state index contributed by atoms with van der Waals surface area (Å²) in [6.45, 7) is 0. The van der Waals surface area contributed by atoms with Crippen LogP contribution in [-0.2, 0) is 4.79 Å². The number of rotatable bonds is 3. The molecule has 0 unspecified atom stereocenters. The lowest BCUT2D eigenvalue weighted by Crippen LogP contribution is -1.63. The summed E-state index contributed by atoms with van der Waals surface area (Å²) in [5, 5.41) is 1.74. The third kappa shape index (κ3) is 3.19. The molecule has 0 fully saturated rings. The zero-order valence-electron chi connectivity index (χ0n) is 6.31. The molecule has 0 bridgehead atoms. The third-order valence-corrected chi connectivity index (χ3v) is 1.94. The van der Waals surface area contributed by atoms with Crippen LogP contribution >= 0.6 is 11.8 Å². The van der Waals surface area contributed by atoms with Gasteiger partial charge in [-0.05, 0) is 17.5 Å².